The number of hydrogen-bond donors (Lipinski definition) is 0. The Balaban J connectivity index is 3.35. The van der Waals surface area contributed by atoms with Crippen LogP contribution < -0.4 is 0 Å². The molecule has 0 N–H and O–H groups in total. The summed E-state index contributed by atoms with van der Waals surface area (Å²) in [5.41, 5.74) is 0. The van der Waals surface area contributed by atoms with Crippen LogP contribution in [0.15, 0.2) is 0 Å². The van der Waals surface area contributed by atoms with E-state index in [4.69, 9.17) is 0 Å². The van der Waals surface area contributed by atoms with Crippen LogP contribution >= 0.6 is 0 Å². The molecule has 0 aromatic carbocycles. The van der Waals surface area contributed by atoms with E-state index >= 15 is 0 Å². The molecule has 0 aliphatic carbocycles. The molecule has 1 nitrogen and oxygen atoms in total. The molecule has 0 heterocycles. The molecular weight excluding hydrogens is 151 g/mol. The molecule has 8 heavy (non-hydrogen) atoms. The average Bonchev–Trinajstić information content (AvgIpc) is 1.69. The van der Waals surface area contributed by atoms with E-state index < -0.39 is 0 Å². The molecule has 0 saturated carbocycles. The van der Waals surface area contributed by atoms with Crippen molar-refractivity contribution in [3.05, 3.63) is 0 Å². The SMILES string of the molecule is CCN(CC)[CH](C)[Zn]. The van der Waals surface area contributed by atoms with Gasteiger partial charge < -0.3 is 0 Å². The third-order valence-corrected chi connectivity index (χ3v) is 2.52. The molecule has 45 valence electrons. The summed E-state index contributed by atoms with van der Waals surface area (Å²) in [6.07, 6.45) is 0. The Morgan fingerprint density at radius 1 is 1.38 bits per heavy atom. The van der Waals surface area contributed by atoms with E-state index in [0.29, 0.717) is 0 Å². The molecule has 0 aliphatic rings. The Hall–Kier alpha value is 0.583. The zero-order valence-corrected chi connectivity index (χ0v) is 9.11. The quantitative estimate of drug-likeness (QED) is 0.569. The third kappa shape index (κ3) is 2.79. The van der Waals surface area contributed by atoms with Gasteiger partial charge in [0.1, 0.15) is 0 Å². The zero-order valence-electron chi connectivity index (χ0n) is 6.15. The van der Waals surface area contributed by atoms with Crippen LogP contribution in [-0.4, -0.2) is 22.6 Å². The van der Waals surface area contributed by atoms with Gasteiger partial charge in [0.05, 0.1) is 0 Å². The predicted molar refractivity (Wildman–Crippen MR) is 32.4 cm³/mol. The summed E-state index contributed by atoms with van der Waals surface area (Å²) < 4.78 is 0.838. The molecule has 2 heteroatoms. The first-order chi connectivity index (χ1) is 3.72. The second kappa shape index (κ2) is 4.46. The maximum atomic E-state index is 2.47. The third-order valence-electron chi connectivity index (χ3n) is 1.44. The molecular formula is C6H14NZn. The fourth-order valence-corrected chi connectivity index (χ4v) is 1.93. The Labute approximate surface area is 62.1 Å². The van der Waals surface area contributed by atoms with Gasteiger partial charge in [0.2, 0.25) is 0 Å². The number of hydrogen-bond acceptors (Lipinski definition) is 1. The summed E-state index contributed by atoms with van der Waals surface area (Å²) in [5.74, 6) is 0. The summed E-state index contributed by atoms with van der Waals surface area (Å²) in [5, 5.41) is 0. The van der Waals surface area contributed by atoms with E-state index in [0.717, 1.165) is 4.64 Å². The first-order valence-corrected chi connectivity index (χ1v) is 5.00. The summed E-state index contributed by atoms with van der Waals surface area (Å²) in [6, 6.07) is 0. The maximum absolute atomic E-state index is 2.47. The molecule has 1 atom stereocenters. The van der Waals surface area contributed by atoms with Gasteiger partial charge in [-0.15, -0.1) is 0 Å². The predicted octanol–water partition coefficient (Wildman–Crippen LogP) is 1.22. The molecule has 0 aromatic heterocycles. The van der Waals surface area contributed by atoms with Gasteiger partial charge in [-0.25, -0.2) is 0 Å². The topological polar surface area (TPSA) is 3.24 Å². The average molecular weight is 166 g/mol. The van der Waals surface area contributed by atoms with E-state index in [-0.39, 0.29) is 0 Å². The second-order valence-corrected chi connectivity index (χ2v) is 4.55. The second-order valence-electron chi connectivity index (χ2n) is 2.07. The molecule has 0 bridgehead atoms. The zero-order chi connectivity index (χ0) is 6.57. The van der Waals surface area contributed by atoms with E-state index in [2.05, 4.69) is 25.7 Å². The Kier molecular flexibility index (Phi) is 4.79. The van der Waals surface area contributed by atoms with Crippen molar-refractivity contribution in [3.63, 3.8) is 0 Å². The van der Waals surface area contributed by atoms with Crippen molar-refractivity contribution in [1.82, 2.24) is 4.90 Å². The van der Waals surface area contributed by atoms with Gasteiger partial charge in [-0.3, -0.25) is 0 Å². The van der Waals surface area contributed by atoms with E-state index in [1.54, 1.807) is 0 Å². The van der Waals surface area contributed by atoms with Gasteiger partial charge in [-0.1, -0.05) is 0 Å². The summed E-state index contributed by atoms with van der Waals surface area (Å²) in [4.78, 5) is 2.47. The summed E-state index contributed by atoms with van der Waals surface area (Å²) >= 11 is 1.39. The fourth-order valence-electron chi connectivity index (χ4n) is 0.847. The first kappa shape index (κ1) is 8.58. The van der Waals surface area contributed by atoms with E-state index in [9.17, 15) is 0 Å². The van der Waals surface area contributed by atoms with Crippen molar-refractivity contribution in [2.24, 2.45) is 0 Å². The minimum atomic E-state index is 0.838. The van der Waals surface area contributed by atoms with Crippen LogP contribution in [0.5, 0.6) is 0 Å². The van der Waals surface area contributed by atoms with Crippen LogP contribution in [-0.2, 0) is 18.3 Å². The molecule has 0 spiro atoms. The molecule has 0 radical (unpaired) electrons. The van der Waals surface area contributed by atoms with Crippen molar-refractivity contribution in [2.45, 2.75) is 25.4 Å². The molecule has 0 saturated heterocycles. The van der Waals surface area contributed by atoms with Crippen molar-refractivity contribution in [1.29, 1.82) is 0 Å². The van der Waals surface area contributed by atoms with Crippen LogP contribution in [0.4, 0.5) is 0 Å². The van der Waals surface area contributed by atoms with Crippen molar-refractivity contribution >= 4 is 0 Å². The van der Waals surface area contributed by atoms with E-state index in [1.165, 1.54) is 31.4 Å². The number of rotatable bonds is 3. The Morgan fingerprint density at radius 3 is 1.75 bits per heavy atom. The van der Waals surface area contributed by atoms with Crippen LogP contribution in [0.1, 0.15) is 20.8 Å². The van der Waals surface area contributed by atoms with Crippen LogP contribution in [0.25, 0.3) is 0 Å². The van der Waals surface area contributed by atoms with Gasteiger partial charge in [-0.05, 0) is 0 Å². The first-order valence-electron chi connectivity index (χ1n) is 3.29. The van der Waals surface area contributed by atoms with Gasteiger partial charge in [0, 0.05) is 0 Å². The standard InChI is InChI=1S/C6H14N.Zn/c1-4-7(5-2)6-3;/h4H,5-6H2,1-3H3;. The molecule has 0 rings (SSSR count). The Bertz CT molecular complexity index is 50.5. The normalized spacial score (nSPS) is 14.8. The van der Waals surface area contributed by atoms with Gasteiger partial charge in [-0.2, -0.15) is 0 Å². The molecule has 0 aliphatic heterocycles. The van der Waals surface area contributed by atoms with E-state index in [1.807, 2.05) is 0 Å². The van der Waals surface area contributed by atoms with Crippen molar-refractivity contribution < 1.29 is 18.3 Å². The van der Waals surface area contributed by atoms with Crippen LogP contribution in [0, 0.1) is 0 Å². The molecule has 1 unspecified atom stereocenters. The molecule has 0 fully saturated rings. The summed E-state index contributed by atoms with van der Waals surface area (Å²) in [7, 11) is 0. The minimum absolute atomic E-state index is 0.838. The monoisotopic (exact) mass is 164 g/mol. The van der Waals surface area contributed by atoms with Crippen molar-refractivity contribution in [2.75, 3.05) is 13.1 Å². The number of nitrogens with zero attached hydrogens (tertiary/aromatic N) is 1. The van der Waals surface area contributed by atoms with Gasteiger partial charge >= 0.3 is 61.7 Å². The fraction of sp³-hybridized carbons (Fsp3) is 1.00. The van der Waals surface area contributed by atoms with Gasteiger partial charge in [0.15, 0.2) is 0 Å². The molecule has 0 aromatic rings. The summed E-state index contributed by atoms with van der Waals surface area (Å²) in [6.45, 7) is 9.13. The van der Waals surface area contributed by atoms with Crippen molar-refractivity contribution in [3.8, 4) is 0 Å². The molecule has 0 amide bonds. The van der Waals surface area contributed by atoms with Crippen LogP contribution in [0.3, 0.4) is 0 Å². The van der Waals surface area contributed by atoms with Crippen LogP contribution in [0.2, 0.25) is 0 Å². The van der Waals surface area contributed by atoms with Gasteiger partial charge in [0.25, 0.3) is 0 Å². The Morgan fingerprint density at radius 2 is 1.75 bits per heavy atom.